The quantitative estimate of drug-likeness (QED) is 0.474. The van der Waals surface area contributed by atoms with Crippen molar-refractivity contribution in [3.8, 4) is 11.5 Å². The number of hydrogen-bond acceptors (Lipinski definition) is 4. The smallest absolute Gasteiger partial charge is 0.279 e. The Morgan fingerprint density at radius 3 is 2.38 bits per heavy atom. The van der Waals surface area contributed by atoms with Crippen LogP contribution in [0.5, 0.6) is 11.5 Å². The molecule has 0 aliphatic carbocycles. The van der Waals surface area contributed by atoms with E-state index in [1.165, 1.54) is 0 Å². The van der Waals surface area contributed by atoms with Crippen molar-refractivity contribution in [2.24, 2.45) is 0 Å². The van der Waals surface area contributed by atoms with Crippen molar-refractivity contribution < 1.29 is 19.1 Å². The molecule has 1 atom stereocenters. The van der Waals surface area contributed by atoms with Gasteiger partial charge in [-0.25, -0.2) is 0 Å². The molecule has 0 bridgehead atoms. The topological polar surface area (TPSA) is 76.7 Å². The van der Waals surface area contributed by atoms with E-state index in [4.69, 9.17) is 9.47 Å². The number of carbonyl (C=O) groups excluding carboxylic acids is 2. The molecule has 0 aromatic heterocycles. The first-order valence-corrected chi connectivity index (χ1v) is 11.1. The first-order valence-electron chi connectivity index (χ1n) is 10.3. The number of benzene rings is 3. The van der Waals surface area contributed by atoms with E-state index >= 15 is 0 Å². The lowest BCUT2D eigenvalue weighted by atomic mass is 9.87. The fourth-order valence-electron chi connectivity index (χ4n) is 3.00. The van der Waals surface area contributed by atoms with Crippen molar-refractivity contribution in [1.82, 2.24) is 10.9 Å². The molecule has 2 N–H and O–H groups in total. The van der Waals surface area contributed by atoms with Gasteiger partial charge in [0.25, 0.3) is 11.8 Å². The zero-order valence-electron chi connectivity index (χ0n) is 18.6. The molecule has 0 aliphatic rings. The van der Waals surface area contributed by atoms with Crippen LogP contribution in [0.15, 0.2) is 65.1 Å². The van der Waals surface area contributed by atoms with E-state index in [0.717, 1.165) is 20.8 Å². The van der Waals surface area contributed by atoms with Crippen LogP contribution in [0.3, 0.4) is 0 Å². The first kappa shape index (κ1) is 23.6. The van der Waals surface area contributed by atoms with Crippen molar-refractivity contribution in [2.45, 2.75) is 39.2 Å². The Kier molecular flexibility index (Phi) is 7.40. The number of amides is 2. The summed E-state index contributed by atoms with van der Waals surface area (Å²) in [5.74, 6) is 0.169. The van der Waals surface area contributed by atoms with Crippen molar-refractivity contribution in [3.63, 3.8) is 0 Å². The lowest BCUT2D eigenvalue weighted by Gasteiger charge is -2.20. The maximum absolute atomic E-state index is 12.3. The van der Waals surface area contributed by atoms with Gasteiger partial charge in [-0.3, -0.25) is 20.4 Å². The molecule has 2 amide bonds. The maximum Gasteiger partial charge on any atom is 0.279 e. The van der Waals surface area contributed by atoms with Crippen molar-refractivity contribution in [1.29, 1.82) is 0 Å². The summed E-state index contributed by atoms with van der Waals surface area (Å²) in [5.41, 5.74) is 5.86. The van der Waals surface area contributed by atoms with Crippen LogP contribution in [0.1, 0.15) is 33.3 Å². The van der Waals surface area contributed by atoms with Crippen LogP contribution in [-0.2, 0) is 15.0 Å². The number of ether oxygens (including phenoxy) is 2. The van der Waals surface area contributed by atoms with Gasteiger partial charge in [-0.05, 0) is 68.9 Å². The van der Waals surface area contributed by atoms with Gasteiger partial charge in [0.1, 0.15) is 11.5 Å². The molecule has 0 aliphatic heterocycles. The van der Waals surface area contributed by atoms with E-state index in [2.05, 4.69) is 47.6 Å². The molecule has 0 heterocycles. The highest BCUT2D eigenvalue weighted by Gasteiger charge is 2.17. The van der Waals surface area contributed by atoms with Gasteiger partial charge in [-0.2, -0.15) is 0 Å². The summed E-state index contributed by atoms with van der Waals surface area (Å²) in [7, 11) is 0. The van der Waals surface area contributed by atoms with Crippen molar-refractivity contribution >= 4 is 38.5 Å². The molecular formula is C25H27BrN2O4. The number of hydrazine groups is 1. The molecule has 0 spiro atoms. The Morgan fingerprint density at radius 1 is 0.969 bits per heavy atom. The molecule has 1 unspecified atom stereocenters. The van der Waals surface area contributed by atoms with Gasteiger partial charge in [-0.15, -0.1) is 0 Å². The Balaban J connectivity index is 1.47. The normalized spacial score (nSPS) is 12.2. The summed E-state index contributed by atoms with van der Waals surface area (Å²) in [6.45, 7) is 7.73. The summed E-state index contributed by atoms with van der Waals surface area (Å²) >= 11 is 3.47. The van der Waals surface area contributed by atoms with Gasteiger partial charge in [0.2, 0.25) is 0 Å². The van der Waals surface area contributed by atoms with Crippen molar-refractivity contribution in [2.75, 3.05) is 6.61 Å². The lowest BCUT2D eigenvalue weighted by molar-refractivity contribution is -0.133. The number of fused-ring (bicyclic) bond motifs is 1. The molecule has 3 aromatic rings. The van der Waals surface area contributed by atoms with E-state index in [1.807, 2.05) is 54.6 Å². The monoisotopic (exact) mass is 498 g/mol. The average molecular weight is 499 g/mol. The van der Waals surface area contributed by atoms with Gasteiger partial charge in [0.15, 0.2) is 12.7 Å². The molecule has 7 heteroatoms. The molecule has 0 saturated carbocycles. The molecule has 3 rings (SSSR count). The average Bonchev–Trinajstić information content (AvgIpc) is 2.75. The van der Waals surface area contributed by atoms with Crippen LogP contribution in [-0.4, -0.2) is 24.5 Å². The molecule has 0 radical (unpaired) electrons. The molecule has 0 saturated heterocycles. The number of nitrogens with one attached hydrogen (secondary N) is 2. The fraction of sp³-hybridized carbons (Fsp3) is 0.280. The van der Waals surface area contributed by atoms with Crippen LogP contribution in [0.2, 0.25) is 0 Å². The second kappa shape index (κ2) is 10.0. The zero-order valence-corrected chi connectivity index (χ0v) is 20.2. The van der Waals surface area contributed by atoms with Crippen LogP contribution in [0.25, 0.3) is 10.8 Å². The molecule has 32 heavy (non-hydrogen) atoms. The minimum atomic E-state index is -0.795. The van der Waals surface area contributed by atoms with E-state index in [-0.39, 0.29) is 12.0 Å². The Morgan fingerprint density at radius 2 is 1.69 bits per heavy atom. The zero-order chi connectivity index (χ0) is 23.3. The third-order valence-corrected chi connectivity index (χ3v) is 5.50. The molecule has 3 aromatic carbocycles. The Labute approximate surface area is 196 Å². The standard InChI is InChI=1S/C25H27BrN2O4/c1-16(32-20-11-9-17-7-5-6-8-18(17)13-20)24(30)28-27-23(29)15-31-22-12-10-19(14-21(22)26)25(2,3)4/h5-14,16H,15H2,1-4H3,(H,27,29)(H,28,30). The minimum Gasteiger partial charge on any atom is -0.483 e. The van der Waals surface area contributed by atoms with E-state index in [9.17, 15) is 9.59 Å². The van der Waals surface area contributed by atoms with Crippen LogP contribution < -0.4 is 20.3 Å². The van der Waals surface area contributed by atoms with Gasteiger partial charge < -0.3 is 9.47 Å². The summed E-state index contributed by atoms with van der Waals surface area (Å²) < 4.78 is 12.0. The second-order valence-corrected chi connectivity index (χ2v) is 9.34. The van der Waals surface area contributed by atoms with Gasteiger partial charge in [0, 0.05) is 0 Å². The minimum absolute atomic E-state index is 0.00825. The fourth-order valence-corrected chi connectivity index (χ4v) is 3.49. The predicted molar refractivity (Wildman–Crippen MR) is 129 cm³/mol. The maximum atomic E-state index is 12.3. The summed E-state index contributed by atoms with van der Waals surface area (Å²) in [5, 5.41) is 2.11. The van der Waals surface area contributed by atoms with Gasteiger partial charge >= 0.3 is 0 Å². The largest absolute Gasteiger partial charge is 0.483 e. The molecular weight excluding hydrogens is 472 g/mol. The molecule has 6 nitrogen and oxygen atoms in total. The number of hydrogen-bond donors (Lipinski definition) is 2. The van der Waals surface area contributed by atoms with Crippen LogP contribution in [0.4, 0.5) is 0 Å². The third-order valence-electron chi connectivity index (χ3n) is 4.88. The summed E-state index contributed by atoms with van der Waals surface area (Å²) in [6.07, 6.45) is -0.795. The second-order valence-electron chi connectivity index (χ2n) is 8.49. The lowest BCUT2D eigenvalue weighted by Crippen LogP contribution is -2.48. The predicted octanol–water partition coefficient (Wildman–Crippen LogP) is 4.89. The summed E-state index contributed by atoms with van der Waals surface area (Å²) in [4.78, 5) is 24.4. The van der Waals surface area contributed by atoms with E-state index in [0.29, 0.717) is 11.5 Å². The third kappa shape index (κ3) is 6.23. The SMILES string of the molecule is CC(Oc1ccc2ccccc2c1)C(=O)NNC(=O)COc1ccc(C(C)(C)C)cc1Br. The number of carbonyl (C=O) groups is 2. The highest BCUT2D eigenvalue weighted by atomic mass is 79.9. The van der Waals surface area contributed by atoms with Crippen molar-refractivity contribution in [3.05, 3.63) is 70.7 Å². The van der Waals surface area contributed by atoms with E-state index < -0.39 is 17.9 Å². The van der Waals surface area contributed by atoms with Crippen LogP contribution in [0, 0.1) is 0 Å². The molecule has 0 fully saturated rings. The first-order chi connectivity index (χ1) is 15.1. The highest BCUT2D eigenvalue weighted by molar-refractivity contribution is 9.10. The summed E-state index contributed by atoms with van der Waals surface area (Å²) in [6, 6.07) is 19.2. The Hall–Kier alpha value is -3.06. The van der Waals surface area contributed by atoms with Crippen LogP contribution >= 0.6 is 15.9 Å². The number of rotatable bonds is 6. The molecule has 168 valence electrons. The van der Waals surface area contributed by atoms with Gasteiger partial charge in [0.05, 0.1) is 4.47 Å². The van der Waals surface area contributed by atoms with Gasteiger partial charge in [-0.1, -0.05) is 57.2 Å². The van der Waals surface area contributed by atoms with E-state index in [1.54, 1.807) is 13.0 Å². The Bertz CT molecular complexity index is 1120. The number of halogens is 1. The highest BCUT2D eigenvalue weighted by Crippen LogP contribution is 2.31.